The fourth-order valence-electron chi connectivity index (χ4n) is 0.938. The molecule has 0 amide bonds. The van der Waals surface area contributed by atoms with E-state index in [1.54, 1.807) is 6.20 Å². The smallest absolute Gasteiger partial charge is 0.143 e. The van der Waals surface area contributed by atoms with Crippen molar-refractivity contribution in [1.82, 2.24) is 4.98 Å². The molecule has 1 rings (SSSR count). The molecule has 0 aromatic carbocycles. The lowest BCUT2D eigenvalue weighted by Gasteiger charge is -1.98. The number of carbonyl (C=O) groups is 1. The van der Waals surface area contributed by atoms with E-state index in [9.17, 15) is 4.79 Å². The maximum Gasteiger partial charge on any atom is 0.143 e. The molecular weight excluding hydrogens is 182 g/mol. The van der Waals surface area contributed by atoms with Crippen molar-refractivity contribution in [2.75, 3.05) is 5.75 Å². The molecule has 0 N–H and O–H groups in total. The quantitative estimate of drug-likeness (QED) is 0.676. The van der Waals surface area contributed by atoms with Gasteiger partial charge < -0.3 is 0 Å². The van der Waals surface area contributed by atoms with Gasteiger partial charge in [0.25, 0.3) is 0 Å². The molecule has 70 valence electrons. The maximum absolute atomic E-state index is 11.2. The van der Waals surface area contributed by atoms with Gasteiger partial charge in [0.2, 0.25) is 0 Å². The predicted octanol–water partition coefficient (Wildman–Crippen LogP) is 2.54. The number of ketones is 1. The van der Waals surface area contributed by atoms with E-state index in [2.05, 4.69) is 4.98 Å². The second-order valence-electron chi connectivity index (χ2n) is 2.75. The van der Waals surface area contributed by atoms with E-state index in [0.29, 0.717) is 18.0 Å². The average molecular weight is 195 g/mol. The minimum absolute atomic E-state index is 0.304. The number of hydrogen-bond acceptors (Lipinski definition) is 3. The lowest BCUT2D eigenvalue weighted by Crippen LogP contribution is -2.00. The number of thioether (sulfide) groups is 1. The minimum Gasteiger partial charge on any atom is -0.299 e. The van der Waals surface area contributed by atoms with Crippen LogP contribution in [0.25, 0.3) is 0 Å². The highest BCUT2D eigenvalue weighted by Crippen LogP contribution is 2.14. The van der Waals surface area contributed by atoms with E-state index in [4.69, 9.17) is 0 Å². The molecule has 1 aromatic rings. The minimum atomic E-state index is 0.304. The third kappa shape index (κ3) is 4.08. The molecule has 0 aliphatic carbocycles. The van der Waals surface area contributed by atoms with Crippen LogP contribution in [0.5, 0.6) is 0 Å². The Hall–Kier alpha value is -0.830. The van der Waals surface area contributed by atoms with Crippen molar-refractivity contribution in [3.05, 3.63) is 24.4 Å². The van der Waals surface area contributed by atoms with E-state index in [1.165, 1.54) is 11.8 Å². The average Bonchev–Trinajstić information content (AvgIpc) is 2.17. The van der Waals surface area contributed by atoms with Crippen LogP contribution in [0.4, 0.5) is 0 Å². The summed E-state index contributed by atoms with van der Waals surface area (Å²) in [6.45, 7) is 2.02. The summed E-state index contributed by atoms with van der Waals surface area (Å²) < 4.78 is 0. The summed E-state index contributed by atoms with van der Waals surface area (Å²) in [5, 5.41) is 0.923. The van der Waals surface area contributed by atoms with E-state index in [-0.39, 0.29) is 0 Å². The standard InChI is InChI=1S/C10H13NOS/c1-2-5-9(12)8-13-10-6-3-4-7-11-10/h3-4,6-7H,2,5,8H2,1H3. The van der Waals surface area contributed by atoms with Crippen LogP contribution in [0.3, 0.4) is 0 Å². The van der Waals surface area contributed by atoms with Crippen molar-refractivity contribution >= 4 is 17.5 Å². The van der Waals surface area contributed by atoms with Gasteiger partial charge in [0, 0.05) is 12.6 Å². The number of rotatable bonds is 5. The number of aromatic nitrogens is 1. The molecule has 2 nitrogen and oxygen atoms in total. The van der Waals surface area contributed by atoms with Gasteiger partial charge in [-0.25, -0.2) is 4.98 Å². The van der Waals surface area contributed by atoms with Crippen molar-refractivity contribution < 1.29 is 4.79 Å². The zero-order valence-corrected chi connectivity index (χ0v) is 8.51. The molecule has 1 heterocycles. The first-order chi connectivity index (χ1) is 6.33. The SMILES string of the molecule is CCCC(=O)CSc1ccccn1. The predicted molar refractivity (Wildman–Crippen MR) is 54.9 cm³/mol. The van der Waals surface area contributed by atoms with E-state index >= 15 is 0 Å². The first-order valence-electron chi connectivity index (χ1n) is 4.38. The molecule has 13 heavy (non-hydrogen) atoms. The molecule has 0 saturated heterocycles. The Morgan fingerprint density at radius 3 is 3.00 bits per heavy atom. The van der Waals surface area contributed by atoms with Gasteiger partial charge in [-0.05, 0) is 18.6 Å². The van der Waals surface area contributed by atoms with Gasteiger partial charge in [0.05, 0.1) is 10.8 Å². The van der Waals surface area contributed by atoms with Crippen LogP contribution in [0.1, 0.15) is 19.8 Å². The van der Waals surface area contributed by atoms with E-state index in [0.717, 1.165) is 11.4 Å². The molecule has 0 bridgehead atoms. The molecule has 0 aliphatic rings. The lowest BCUT2D eigenvalue weighted by atomic mass is 10.3. The second-order valence-corrected chi connectivity index (χ2v) is 3.74. The number of nitrogens with zero attached hydrogens (tertiary/aromatic N) is 1. The van der Waals surface area contributed by atoms with Crippen LogP contribution in [0.15, 0.2) is 29.4 Å². The monoisotopic (exact) mass is 195 g/mol. The van der Waals surface area contributed by atoms with Crippen LogP contribution in [-0.4, -0.2) is 16.5 Å². The van der Waals surface area contributed by atoms with Crippen LogP contribution in [-0.2, 0) is 4.79 Å². The van der Waals surface area contributed by atoms with Gasteiger partial charge in [-0.15, -0.1) is 0 Å². The first-order valence-corrected chi connectivity index (χ1v) is 5.37. The van der Waals surface area contributed by atoms with E-state index < -0.39 is 0 Å². The van der Waals surface area contributed by atoms with Gasteiger partial charge in [-0.1, -0.05) is 24.8 Å². The zero-order chi connectivity index (χ0) is 9.52. The molecule has 0 saturated carbocycles. The number of carbonyl (C=O) groups excluding carboxylic acids is 1. The van der Waals surface area contributed by atoms with Crippen molar-refractivity contribution in [1.29, 1.82) is 0 Å². The van der Waals surface area contributed by atoms with Crippen LogP contribution in [0.2, 0.25) is 0 Å². The number of Topliss-reactive ketones (excluding diaryl/α,β-unsaturated/α-hetero) is 1. The van der Waals surface area contributed by atoms with Crippen molar-refractivity contribution in [2.24, 2.45) is 0 Å². The Bertz CT molecular complexity index is 261. The number of pyridine rings is 1. The van der Waals surface area contributed by atoms with Gasteiger partial charge in [-0.3, -0.25) is 4.79 Å². The first kappa shape index (κ1) is 10.3. The van der Waals surface area contributed by atoms with Crippen molar-refractivity contribution in [3.8, 4) is 0 Å². The molecule has 0 aliphatic heterocycles. The Morgan fingerprint density at radius 1 is 1.54 bits per heavy atom. The summed E-state index contributed by atoms with van der Waals surface area (Å²) in [6.07, 6.45) is 3.36. The molecular formula is C10H13NOS. The highest BCUT2D eigenvalue weighted by atomic mass is 32.2. The topological polar surface area (TPSA) is 30.0 Å². The molecule has 0 fully saturated rings. The van der Waals surface area contributed by atoms with Gasteiger partial charge in [0.15, 0.2) is 0 Å². The summed E-state index contributed by atoms with van der Waals surface area (Å²) in [7, 11) is 0. The summed E-state index contributed by atoms with van der Waals surface area (Å²) in [6, 6.07) is 5.72. The molecule has 0 unspecified atom stereocenters. The summed E-state index contributed by atoms with van der Waals surface area (Å²) in [5.41, 5.74) is 0. The zero-order valence-electron chi connectivity index (χ0n) is 7.69. The second kappa shape index (κ2) is 5.75. The molecule has 0 radical (unpaired) electrons. The van der Waals surface area contributed by atoms with Crippen LogP contribution < -0.4 is 0 Å². The summed E-state index contributed by atoms with van der Waals surface area (Å²) in [5.74, 6) is 0.850. The van der Waals surface area contributed by atoms with Crippen molar-refractivity contribution in [2.45, 2.75) is 24.8 Å². The highest BCUT2D eigenvalue weighted by molar-refractivity contribution is 7.99. The molecule has 0 atom stereocenters. The molecule has 0 spiro atoms. The third-order valence-electron chi connectivity index (χ3n) is 1.55. The Balaban J connectivity index is 2.31. The van der Waals surface area contributed by atoms with Gasteiger partial charge >= 0.3 is 0 Å². The maximum atomic E-state index is 11.2. The largest absolute Gasteiger partial charge is 0.299 e. The van der Waals surface area contributed by atoms with Gasteiger partial charge in [0.1, 0.15) is 5.78 Å². The van der Waals surface area contributed by atoms with Gasteiger partial charge in [-0.2, -0.15) is 0 Å². The fraction of sp³-hybridized carbons (Fsp3) is 0.400. The highest BCUT2D eigenvalue weighted by Gasteiger charge is 2.01. The lowest BCUT2D eigenvalue weighted by molar-refractivity contribution is -0.116. The fourth-order valence-corrected chi connectivity index (χ4v) is 1.70. The van der Waals surface area contributed by atoms with Crippen LogP contribution in [0, 0.1) is 0 Å². The Labute approximate surface area is 82.8 Å². The number of hydrogen-bond donors (Lipinski definition) is 0. The Kier molecular flexibility index (Phi) is 4.54. The van der Waals surface area contributed by atoms with Crippen molar-refractivity contribution in [3.63, 3.8) is 0 Å². The third-order valence-corrected chi connectivity index (χ3v) is 2.55. The van der Waals surface area contributed by atoms with Crippen LogP contribution >= 0.6 is 11.8 Å². The normalized spacial score (nSPS) is 9.92. The van der Waals surface area contributed by atoms with E-state index in [1.807, 2.05) is 25.1 Å². The molecule has 1 aromatic heterocycles. The summed E-state index contributed by atoms with van der Waals surface area (Å²) >= 11 is 1.51. The Morgan fingerprint density at radius 2 is 2.38 bits per heavy atom. The summed E-state index contributed by atoms with van der Waals surface area (Å²) in [4.78, 5) is 15.3. The molecule has 3 heteroatoms.